The van der Waals surface area contributed by atoms with Gasteiger partial charge in [-0.3, -0.25) is 4.79 Å². The number of rotatable bonds is 4. The van der Waals surface area contributed by atoms with Gasteiger partial charge in [-0.25, -0.2) is 0 Å². The van der Waals surface area contributed by atoms with Crippen LogP contribution in [0.15, 0.2) is 71.3 Å². The van der Waals surface area contributed by atoms with Gasteiger partial charge in [0.05, 0.1) is 17.9 Å². The van der Waals surface area contributed by atoms with E-state index in [0.717, 1.165) is 5.56 Å². The van der Waals surface area contributed by atoms with Crippen molar-refractivity contribution >= 4 is 5.91 Å². The molecule has 116 valence electrons. The number of nitrogens with one attached hydrogen (secondary N) is 1. The fourth-order valence-electron chi connectivity index (χ4n) is 2.57. The molecule has 1 heterocycles. The van der Waals surface area contributed by atoms with E-state index in [4.69, 9.17) is 4.42 Å². The van der Waals surface area contributed by atoms with Crippen molar-refractivity contribution in [2.75, 3.05) is 0 Å². The number of carbonyl (C=O) groups excluding carboxylic acids is 1. The highest BCUT2D eigenvalue weighted by molar-refractivity contribution is 5.95. The Morgan fingerprint density at radius 2 is 1.61 bits per heavy atom. The number of carbonyl (C=O) groups is 1. The minimum Gasteiger partial charge on any atom is -0.469 e. The van der Waals surface area contributed by atoms with Crippen molar-refractivity contribution in [2.24, 2.45) is 0 Å². The predicted octanol–water partition coefficient (Wildman–Crippen LogP) is 4.75. The first-order valence-corrected chi connectivity index (χ1v) is 7.65. The van der Waals surface area contributed by atoms with Crippen LogP contribution >= 0.6 is 0 Å². The molecule has 0 saturated heterocycles. The molecule has 1 atom stereocenters. The number of hydrogen-bond acceptors (Lipinski definition) is 2. The Kier molecular flexibility index (Phi) is 4.29. The summed E-state index contributed by atoms with van der Waals surface area (Å²) in [5.41, 5.74) is 4.00. The average molecular weight is 305 g/mol. The number of furan rings is 1. The van der Waals surface area contributed by atoms with Gasteiger partial charge in [-0.05, 0) is 36.6 Å². The molecule has 0 saturated carbocycles. The van der Waals surface area contributed by atoms with Crippen molar-refractivity contribution in [3.63, 3.8) is 0 Å². The van der Waals surface area contributed by atoms with Gasteiger partial charge in [0, 0.05) is 0 Å². The first kappa shape index (κ1) is 15.1. The van der Waals surface area contributed by atoms with Crippen molar-refractivity contribution in [2.45, 2.75) is 19.9 Å². The molecule has 0 unspecified atom stereocenters. The summed E-state index contributed by atoms with van der Waals surface area (Å²) < 4.78 is 5.18. The van der Waals surface area contributed by atoms with Crippen LogP contribution in [-0.4, -0.2) is 5.91 Å². The van der Waals surface area contributed by atoms with E-state index in [9.17, 15) is 4.79 Å². The zero-order valence-corrected chi connectivity index (χ0v) is 13.2. The standard InChI is InChI=1S/C20H19NO2/c1-14(21-20(22)19-12-13-23-15(19)2)16-8-10-18(11-9-16)17-6-4-3-5-7-17/h3-14H,1-2H3,(H,21,22)/t14-/m1/s1. The molecule has 1 amide bonds. The average Bonchev–Trinajstić information content (AvgIpc) is 3.02. The van der Waals surface area contributed by atoms with E-state index in [2.05, 4.69) is 41.7 Å². The third kappa shape index (κ3) is 3.34. The summed E-state index contributed by atoms with van der Waals surface area (Å²) in [5, 5.41) is 3.00. The first-order chi connectivity index (χ1) is 11.1. The van der Waals surface area contributed by atoms with Gasteiger partial charge in [0.15, 0.2) is 0 Å². The highest BCUT2D eigenvalue weighted by atomic mass is 16.3. The third-order valence-corrected chi connectivity index (χ3v) is 3.97. The lowest BCUT2D eigenvalue weighted by Gasteiger charge is -2.14. The Morgan fingerprint density at radius 1 is 0.957 bits per heavy atom. The summed E-state index contributed by atoms with van der Waals surface area (Å²) in [4.78, 5) is 12.2. The van der Waals surface area contributed by atoms with Crippen molar-refractivity contribution in [1.82, 2.24) is 5.32 Å². The number of hydrogen-bond donors (Lipinski definition) is 1. The zero-order valence-electron chi connectivity index (χ0n) is 13.2. The summed E-state index contributed by atoms with van der Waals surface area (Å²) in [6.45, 7) is 3.76. The maximum Gasteiger partial charge on any atom is 0.255 e. The van der Waals surface area contributed by atoms with E-state index in [1.54, 1.807) is 13.0 Å². The molecule has 0 bridgehead atoms. The topological polar surface area (TPSA) is 42.2 Å². The Balaban J connectivity index is 1.72. The Bertz CT molecular complexity index is 788. The maximum absolute atomic E-state index is 12.2. The molecule has 0 radical (unpaired) electrons. The quantitative estimate of drug-likeness (QED) is 0.756. The largest absolute Gasteiger partial charge is 0.469 e. The minimum atomic E-state index is -0.115. The number of benzene rings is 2. The van der Waals surface area contributed by atoms with E-state index < -0.39 is 0 Å². The fourth-order valence-corrected chi connectivity index (χ4v) is 2.57. The summed E-state index contributed by atoms with van der Waals surface area (Å²) in [6.07, 6.45) is 1.53. The second kappa shape index (κ2) is 6.53. The van der Waals surface area contributed by atoms with Crippen molar-refractivity contribution in [3.8, 4) is 11.1 Å². The molecule has 0 aliphatic carbocycles. The van der Waals surface area contributed by atoms with Crippen LogP contribution < -0.4 is 5.32 Å². The molecule has 3 nitrogen and oxygen atoms in total. The van der Waals surface area contributed by atoms with E-state index in [0.29, 0.717) is 11.3 Å². The van der Waals surface area contributed by atoms with Gasteiger partial charge in [-0.15, -0.1) is 0 Å². The van der Waals surface area contributed by atoms with E-state index >= 15 is 0 Å². The minimum absolute atomic E-state index is 0.0679. The van der Waals surface area contributed by atoms with Crippen LogP contribution in [0.2, 0.25) is 0 Å². The van der Waals surface area contributed by atoms with Crippen LogP contribution in [0.25, 0.3) is 11.1 Å². The fraction of sp³-hybridized carbons (Fsp3) is 0.150. The summed E-state index contributed by atoms with van der Waals surface area (Å²) in [6, 6.07) is 20.1. The van der Waals surface area contributed by atoms with Crippen molar-refractivity contribution in [3.05, 3.63) is 83.8 Å². The van der Waals surface area contributed by atoms with Gasteiger partial charge in [0.1, 0.15) is 5.76 Å². The van der Waals surface area contributed by atoms with Crippen LogP contribution in [0.5, 0.6) is 0 Å². The normalized spacial score (nSPS) is 11.9. The predicted molar refractivity (Wildman–Crippen MR) is 91.2 cm³/mol. The highest BCUT2D eigenvalue weighted by Crippen LogP contribution is 2.22. The van der Waals surface area contributed by atoms with Crippen LogP contribution in [0, 0.1) is 6.92 Å². The first-order valence-electron chi connectivity index (χ1n) is 7.65. The molecule has 3 rings (SSSR count). The number of aryl methyl sites for hydroxylation is 1. The third-order valence-electron chi connectivity index (χ3n) is 3.97. The Hall–Kier alpha value is -2.81. The zero-order chi connectivity index (χ0) is 16.2. The summed E-state index contributed by atoms with van der Waals surface area (Å²) in [7, 11) is 0. The maximum atomic E-state index is 12.2. The second-order valence-corrected chi connectivity index (χ2v) is 5.57. The molecule has 0 fully saturated rings. The summed E-state index contributed by atoms with van der Waals surface area (Å²) in [5.74, 6) is 0.519. The van der Waals surface area contributed by atoms with Gasteiger partial charge in [0.2, 0.25) is 0 Å². The van der Waals surface area contributed by atoms with Crippen LogP contribution in [-0.2, 0) is 0 Å². The van der Waals surface area contributed by atoms with Gasteiger partial charge in [-0.2, -0.15) is 0 Å². The van der Waals surface area contributed by atoms with Crippen molar-refractivity contribution in [1.29, 1.82) is 0 Å². The summed E-state index contributed by atoms with van der Waals surface area (Å²) >= 11 is 0. The highest BCUT2D eigenvalue weighted by Gasteiger charge is 2.15. The van der Waals surface area contributed by atoms with Gasteiger partial charge in [0.25, 0.3) is 5.91 Å². The molecule has 0 aliphatic rings. The molecule has 3 heteroatoms. The lowest BCUT2D eigenvalue weighted by molar-refractivity contribution is 0.0938. The Morgan fingerprint density at radius 3 is 2.22 bits per heavy atom. The Labute approximate surface area is 136 Å². The van der Waals surface area contributed by atoms with Crippen molar-refractivity contribution < 1.29 is 9.21 Å². The van der Waals surface area contributed by atoms with E-state index in [-0.39, 0.29) is 11.9 Å². The molecule has 2 aromatic carbocycles. The van der Waals surface area contributed by atoms with E-state index in [1.165, 1.54) is 17.4 Å². The molecule has 0 spiro atoms. The molecule has 1 N–H and O–H groups in total. The van der Waals surface area contributed by atoms with Gasteiger partial charge in [-0.1, -0.05) is 54.6 Å². The second-order valence-electron chi connectivity index (χ2n) is 5.57. The monoisotopic (exact) mass is 305 g/mol. The molecular formula is C20H19NO2. The lowest BCUT2D eigenvalue weighted by atomic mass is 10.0. The van der Waals surface area contributed by atoms with Crippen LogP contribution in [0.4, 0.5) is 0 Å². The van der Waals surface area contributed by atoms with Gasteiger partial charge < -0.3 is 9.73 Å². The molecule has 1 aromatic heterocycles. The SMILES string of the molecule is Cc1occc1C(=O)N[C@H](C)c1ccc(-c2ccccc2)cc1. The molecular weight excluding hydrogens is 286 g/mol. The van der Waals surface area contributed by atoms with Crippen LogP contribution in [0.3, 0.4) is 0 Å². The van der Waals surface area contributed by atoms with Crippen LogP contribution in [0.1, 0.15) is 34.6 Å². The molecule has 0 aliphatic heterocycles. The smallest absolute Gasteiger partial charge is 0.255 e. The molecule has 23 heavy (non-hydrogen) atoms. The molecule has 3 aromatic rings. The number of amides is 1. The van der Waals surface area contributed by atoms with E-state index in [1.807, 2.05) is 25.1 Å². The lowest BCUT2D eigenvalue weighted by Crippen LogP contribution is -2.26. The van der Waals surface area contributed by atoms with Gasteiger partial charge >= 0.3 is 0 Å².